The number of aryl methyl sites for hydroxylation is 3. The summed E-state index contributed by atoms with van der Waals surface area (Å²) >= 11 is 0. The molecule has 148 valence electrons. The maximum atomic E-state index is 11.7. The van der Waals surface area contributed by atoms with Gasteiger partial charge in [0.2, 0.25) is 0 Å². The van der Waals surface area contributed by atoms with Gasteiger partial charge in [-0.2, -0.15) is 5.10 Å². The maximum absolute atomic E-state index is 11.7. The fourth-order valence-corrected chi connectivity index (χ4v) is 3.81. The monoisotopic (exact) mass is 391 g/mol. The third-order valence-electron chi connectivity index (χ3n) is 4.25. The second-order valence-corrected chi connectivity index (χ2v) is 8.60. The smallest absolute Gasteiger partial charge is 0.191 e. The summed E-state index contributed by atoms with van der Waals surface area (Å²) in [5, 5.41) is 13.6. The average molecular weight is 392 g/mol. The number of aromatic nitrogens is 2. The first-order valence-electron chi connectivity index (χ1n) is 9.12. The van der Waals surface area contributed by atoms with Crippen molar-refractivity contribution >= 4 is 15.8 Å². The van der Waals surface area contributed by atoms with E-state index in [4.69, 9.17) is 0 Å². The highest BCUT2D eigenvalue weighted by molar-refractivity contribution is 7.90. The van der Waals surface area contributed by atoms with Crippen molar-refractivity contribution in [3.63, 3.8) is 0 Å². The minimum Gasteiger partial charge on any atom is -0.357 e. The molecule has 2 rings (SSSR count). The zero-order valence-corrected chi connectivity index (χ0v) is 17.3. The molecule has 3 N–H and O–H groups in total. The molecule has 0 saturated carbocycles. The first-order valence-corrected chi connectivity index (χ1v) is 11.0. The van der Waals surface area contributed by atoms with Gasteiger partial charge >= 0.3 is 0 Å². The van der Waals surface area contributed by atoms with Crippen molar-refractivity contribution in [1.82, 2.24) is 20.8 Å². The number of nitrogens with one attached hydrogen (secondary N) is 3. The molecular weight excluding hydrogens is 362 g/mol. The summed E-state index contributed by atoms with van der Waals surface area (Å²) in [6.07, 6.45) is 5.04. The molecule has 27 heavy (non-hydrogen) atoms. The van der Waals surface area contributed by atoms with Crippen LogP contribution in [0.15, 0.2) is 34.3 Å². The van der Waals surface area contributed by atoms with Crippen molar-refractivity contribution in [2.45, 2.75) is 45.1 Å². The third-order valence-corrected chi connectivity index (χ3v) is 5.51. The Bertz CT molecular complexity index is 887. The van der Waals surface area contributed by atoms with E-state index in [2.05, 4.69) is 25.8 Å². The molecule has 2 aromatic rings. The summed E-state index contributed by atoms with van der Waals surface area (Å²) in [6.45, 7) is 7.93. The molecule has 0 aliphatic rings. The van der Waals surface area contributed by atoms with Gasteiger partial charge in [0.15, 0.2) is 15.8 Å². The molecule has 0 aliphatic heterocycles. The van der Waals surface area contributed by atoms with E-state index >= 15 is 0 Å². The summed E-state index contributed by atoms with van der Waals surface area (Å²) in [4.78, 5) is 4.97. The average Bonchev–Trinajstić information content (AvgIpc) is 3.00. The van der Waals surface area contributed by atoms with E-state index in [0.29, 0.717) is 11.4 Å². The molecule has 0 saturated heterocycles. The number of benzene rings is 1. The number of aromatic amines is 1. The van der Waals surface area contributed by atoms with Gasteiger partial charge < -0.3 is 10.6 Å². The van der Waals surface area contributed by atoms with E-state index in [-0.39, 0.29) is 0 Å². The zero-order valence-electron chi connectivity index (χ0n) is 16.5. The first kappa shape index (κ1) is 21.0. The molecular formula is C19H29N5O2S. The van der Waals surface area contributed by atoms with Crippen LogP contribution in [0.5, 0.6) is 0 Å². The highest BCUT2D eigenvalue weighted by Crippen LogP contribution is 2.17. The number of nitrogens with zero attached hydrogens (tertiary/aromatic N) is 2. The van der Waals surface area contributed by atoms with Crippen LogP contribution in [0.4, 0.5) is 0 Å². The molecule has 0 spiro atoms. The lowest BCUT2D eigenvalue weighted by Crippen LogP contribution is -2.37. The number of rotatable bonds is 8. The lowest BCUT2D eigenvalue weighted by Gasteiger charge is -2.11. The second kappa shape index (κ2) is 9.55. The van der Waals surface area contributed by atoms with E-state index in [1.165, 1.54) is 11.8 Å². The van der Waals surface area contributed by atoms with Crippen LogP contribution in [0.3, 0.4) is 0 Å². The SMILES string of the molecule is CCNC(=NCc1ccc(S(C)(=O)=O)c(C)c1)NCCCc1cn[nH]c1C. The van der Waals surface area contributed by atoms with Crippen molar-refractivity contribution < 1.29 is 8.42 Å². The Balaban J connectivity index is 1.92. The zero-order chi connectivity index (χ0) is 19.9. The Morgan fingerprint density at radius 1 is 1.26 bits per heavy atom. The number of hydrogen-bond donors (Lipinski definition) is 3. The fourth-order valence-electron chi connectivity index (χ4n) is 2.85. The summed E-state index contributed by atoms with van der Waals surface area (Å²) in [5.41, 5.74) is 4.08. The molecule has 0 radical (unpaired) electrons. The minimum atomic E-state index is -3.19. The van der Waals surface area contributed by atoms with Crippen molar-refractivity contribution in [1.29, 1.82) is 0 Å². The lowest BCUT2D eigenvalue weighted by molar-refractivity contribution is 0.601. The van der Waals surface area contributed by atoms with Crippen molar-refractivity contribution in [2.75, 3.05) is 19.3 Å². The van der Waals surface area contributed by atoms with Gasteiger partial charge in [-0.1, -0.05) is 12.1 Å². The topological polar surface area (TPSA) is 99.2 Å². The molecule has 0 bridgehead atoms. The maximum Gasteiger partial charge on any atom is 0.191 e. The number of guanidine groups is 1. The third kappa shape index (κ3) is 6.39. The minimum absolute atomic E-state index is 0.370. The van der Waals surface area contributed by atoms with Crippen LogP contribution < -0.4 is 10.6 Å². The van der Waals surface area contributed by atoms with Gasteiger partial charge in [0, 0.05) is 25.0 Å². The van der Waals surface area contributed by atoms with Gasteiger partial charge in [0.25, 0.3) is 0 Å². The van der Waals surface area contributed by atoms with Crippen LogP contribution >= 0.6 is 0 Å². The molecule has 7 nitrogen and oxygen atoms in total. The second-order valence-electron chi connectivity index (χ2n) is 6.62. The highest BCUT2D eigenvalue weighted by atomic mass is 32.2. The van der Waals surface area contributed by atoms with E-state index in [0.717, 1.165) is 48.7 Å². The van der Waals surface area contributed by atoms with Gasteiger partial charge in [-0.05, 0) is 56.4 Å². The summed E-state index contributed by atoms with van der Waals surface area (Å²) in [5.74, 6) is 0.756. The summed E-state index contributed by atoms with van der Waals surface area (Å²) < 4.78 is 23.4. The molecule has 0 amide bonds. The van der Waals surface area contributed by atoms with Crippen LogP contribution in [0, 0.1) is 13.8 Å². The Hall–Kier alpha value is -2.35. The lowest BCUT2D eigenvalue weighted by atomic mass is 10.1. The molecule has 0 fully saturated rings. The van der Waals surface area contributed by atoms with Crippen LogP contribution in [0.2, 0.25) is 0 Å². The van der Waals surface area contributed by atoms with Gasteiger partial charge in [-0.25, -0.2) is 13.4 Å². The van der Waals surface area contributed by atoms with Crippen molar-refractivity contribution in [3.8, 4) is 0 Å². The van der Waals surface area contributed by atoms with Gasteiger partial charge in [0.1, 0.15) is 0 Å². The quantitative estimate of drug-likeness (QED) is 0.364. The molecule has 1 aromatic carbocycles. The van der Waals surface area contributed by atoms with E-state index in [1.54, 1.807) is 6.07 Å². The van der Waals surface area contributed by atoms with Gasteiger partial charge in [0.05, 0.1) is 17.6 Å². The fraction of sp³-hybridized carbons (Fsp3) is 0.474. The van der Waals surface area contributed by atoms with E-state index < -0.39 is 9.84 Å². The predicted octanol–water partition coefficient (Wildman–Crippen LogP) is 2.12. The first-order chi connectivity index (χ1) is 12.8. The van der Waals surface area contributed by atoms with Crippen LogP contribution in [-0.4, -0.2) is 43.9 Å². The number of hydrogen-bond acceptors (Lipinski definition) is 4. The van der Waals surface area contributed by atoms with Gasteiger partial charge in [-0.15, -0.1) is 0 Å². The molecule has 1 aromatic heterocycles. The molecule has 0 unspecified atom stereocenters. The standard InChI is InChI=1S/C19H29N5O2S/c1-5-20-19(21-10-6-7-17-13-23-24-15(17)3)22-12-16-8-9-18(14(2)11-16)27(4,25)26/h8-9,11,13H,5-7,10,12H2,1-4H3,(H,23,24)(H2,20,21,22). The Kier molecular flexibility index (Phi) is 7.41. The van der Waals surface area contributed by atoms with Crippen LogP contribution in [0.25, 0.3) is 0 Å². The van der Waals surface area contributed by atoms with E-state index in [9.17, 15) is 8.42 Å². The molecule has 0 aliphatic carbocycles. The molecule has 0 atom stereocenters. The summed E-state index contributed by atoms with van der Waals surface area (Å²) in [6, 6.07) is 5.35. The Morgan fingerprint density at radius 3 is 2.63 bits per heavy atom. The number of aliphatic imine (C=N–C) groups is 1. The Morgan fingerprint density at radius 2 is 2.04 bits per heavy atom. The van der Waals surface area contributed by atoms with Crippen molar-refractivity contribution in [3.05, 3.63) is 46.8 Å². The van der Waals surface area contributed by atoms with Gasteiger partial charge in [-0.3, -0.25) is 5.10 Å². The predicted molar refractivity (Wildman–Crippen MR) is 109 cm³/mol. The largest absolute Gasteiger partial charge is 0.357 e. The number of H-pyrrole nitrogens is 1. The molecule has 1 heterocycles. The van der Waals surface area contributed by atoms with Crippen LogP contribution in [0.1, 0.15) is 35.7 Å². The number of sulfone groups is 1. The van der Waals surface area contributed by atoms with Crippen molar-refractivity contribution in [2.24, 2.45) is 4.99 Å². The highest BCUT2D eigenvalue weighted by Gasteiger charge is 2.10. The summed E-state index contributed by atoms with van der Waals surface area (Å²) in [7, 11) is -3.19. The van der Waals surface area contributed by atoms with E-state index in [1.807, 2.05) is 39.1 Å². The normalized spacial score (nSPS) is 12.2. The van der Waals surface area contributed by atoms with Crippen LogP contribution in [-0.2, 0) is 22.8 Å². The Labute approximate surface area is 161 Å². The molecule has 8 heteroatoms.